The minimum atomic E-state index is -0.413. The number of nitro benzene ring substituents is 1. The Labute approximate surface area is 112 Å². The summed E-state index contributed by atoms with van der Waals surface area (Å²) >= 11 is 0. The number of nitrogens with one attached hydrogen (secondary N) is 1. The van der Waals surface area contributed by atoms with Gasteiger partial charge in [-0.3, -0.25) is 19.8 Å². The molecule has 1 rings (SSSR count). The Morgan fingerprint density at radius 3 is 2.74 bits per heavy atom. The van der Waals surface area contributed by atoms with E-state index in [1.807, 2.05) is 24.8 Å². The molecule has 19 heavy (non-hydrogen) atoms. The smallest absolute Gasteiger partial charge is 0.269 e. The predicted octanol–water partition coefficient (Wildman–Crippen LogP) is 1.55. The van der Waals surface area contributed by atoms with Crippen molar-refractivity contribution in [2.45, 2.75) is 20.4 Å². The van der Waals surface area contributed by atoms with E-state index in [0.29, 0.717) is 26.2 Å². The third-order valence-electron chi connectivity index (χ3n) is 2.72. The van der Waals surface area contributed by atoms with Crippen molar-refractivity contribution in [2.75, 3.05) is 19.6 Å². The second-order valence-corrected chi connectivity index (χ2v) is 4.18. The van der Waals surface area contributed by atoms with Crippen LogP contribution in [0.2, 0.25) is 0 Å². The van der Waals surface area contributed by atoms with Gasteiger partial charge in [-0.2, -0.15) is 0 Å². The lowest BCUT2D eigenvalue weighted by Gasteiger charge is -2.19. The van der Waals surface area contributed by atoms with Gasteiger partial charge in [0.25, 0.3) is 5.69 Å². The lowest BCUT2D eigenvalue weighted by molar-refractivity contribution is -0.384. The van der Waals surface area contributed by atoms with Crippen LogP contribution >= 0.6 is 0 Å². The van der Waals surface area contributed by atoms with E-state index in [4.69, 9.17) is 0 Å². The highest BCUT2D eigenvalue weighted by Crippen LogP contribution is 2.14. The fourth-order valence-corrected chi connectivity index (χ4v) is 1.76. The van der Waals surface area contributed by atoms with E-state index < -0.39 is 4.92 Å². The van der Waals surface area contributed by atoms with Gasteiger partial charge < -0.3 is 5.32 Å². The van der Waals surface area contributed by atoms with Crippen molar-refractivity contribution in [3.63, 3.8) is 0 Å². The van der Waals surface area contributed by atoms with Crippen molar-refractivity contribution in [3.8, 4) is 0 Å². The van der Waals surface area contributed by atoms with Crippen LogP contribution in [0.1, 0.15) is 19.4 Å². The highest BCUT2D eigenvalue weighted by atomic mass is 16.6. The number of hydrogen-bond donors (Lipinski definition) is 1. The zero-order valence-corrected chi connectivity index (χ0v) is 11.3. The lowest BCUT2D eigenvalue weighted by Crippen LogP contribution is -2.36. The first-order chi connectivity index (χ1) is 9.06. The number of carbonyl (C=O) groups is 1. The SMILES string of the molecule is CCNC(=O)CN(CC)Cc1cccc([N+](=O)[O-])c1. The van der Waals surface area contributed by atoms with Gasteiger partial charge in [-0.15, -0.1) is 0 Å². The van der Waals surface area contributed by atoms with Crippen molar-refractivity contribution in [3.05, 3.63) is 39.9 Å². The quantitative estimate of drug-likeness (QED) is 0.599. The summed E-state index contributed by atoms with van der Waals surface area (Å²) in [6.45, 7) is 5.96. The number of likely N-dealkylation sites (N-methyl/N-ethyl adjacent to an activating group) is 2. The van der Waals surface area contributed by atoms with Gasteiger partial charge in [0.05, 0.1) is 11.5 Å². The molecule has 0 heterocycles. The summed E-state index contributed by atoms with van der Waals surface area (Å²) in [5, 5.41) is 13.4. The average molecular weight is 265 g/mol. The molecule has 0 radical (unpaired) electrons. The molecule has 6 heteroatoms. The van der Waals surface area contributed by atoms with Crippen molar-refractivity contribution in [1.29, 1.82) is 0 Å². The van der Waals surface area contributed by atoms with E-state index in [-0.39, 0.29) is 11.6 Å². The molecule has 0 aliphatic rings. The molecule has 0 saturated heterocycles. The van der Waals surface area contributed by atoms with Crippen LogP contribution in [0.3, 0.4) is 0 Å². The summed E-state index contributed by atoms with van der Waals surface area (Å²) in [5.74, 6) is -0.0326. The number of hydrogen-bond acceptors (Lipinski definition) is 4. The van der Waals surface area contributed by atoms with Gasteiger partial charge in [0, 0.05) is 25.2 Å². The molecule has 0 atom stereocenters. The van der Waals surface area contributed by atoms with Crippen LogP contribution in [0, 0.1) is 10.1 Å². The zero-order chi connectivity index (χ0) is 14.3. The second kappa shape index (κ2) is 7.48. The third kappa shape index (κ3) is 5.05. The molecule has 1 aromatic carbocycles. The van der Waals surface area contributed by atoms with Gasteiger partial charge >= 0.3 is 0 Å². The first-order valence-electron chi connectivity index (χ1n) is 6.29. The van der Waals surface area contributed by atoms with Crippen LogP contribution < -0.4 is 5.32 Å². The van der Waals surface area contributed by atoms with Crippen LogP contribution in [0.4, 0.5) is 5.69 Å². The first-order valence-corrected chi connectivity index (χ1v) is 6.29. The minimum Gasteiger partial charge on any atom is -0.355 e. The molecule has 0 aromatic heterocycles. The van der Waals surface area contributed by atoms with Gasteiger partial charge in [0.15, 0.2) is 0 Å². The van der Waals surface area contributed by atoms with Gasteiger partial charge in [0.2, 0.25) is 5.91 Å². The van der Waals surface area contributed by atoms with E-state index in [9.17, 15) is 14.9 Å². The molecule has 1 N–H and O–H groups in total. The highest BCUT2D eigenvalue weighted by Gasteiger charge is 2.11. The number of nitro groups is 1. The Bertz CT molecular complexity index is 449. The summed E-state index contributed by atoms with van der Waals surface area (Å²) in [4.78, 5) is 23.7. The van der Waals surface area contributed by atoms with Gasteiger partial charge in [-0.1, -0.05) is 19.1 Å². The Kier molecular flexibility index (Phi) is 5.95. The molecule has 1 amide bonds. The summed E-state index contributed by atoms with van der Waals surface area (Å²) in [7, 11) is 0. The second-order valence-electron chi connectivity index (χ2n) is 4.18. The molecule has 0 unspecified atom stereocenters. The molecular weight excluding hydrogens is 246 g/mol. The largest absolute Gasteiger partial charge is 0.355 e. The number of amides is 1. The third-order valence-corrected chi connectivity index (χ3v) is 2.72. The van der Waals surface area contributed by atoms with Crippen molar-refractivity contribution < 1.29 is 9.72 Å². The Morgan fingerprint density at radius 1 is 1.42 bits per heavy atom. The topological polar surface area (TPSA) is 75.5 Å². The Morgan fingerprint density at radius 2 is 2.16 bits per heavy atom. The van der Waals surface area contributed by atoms with E-state index in [0.717, 1.165) is 5.56 Å². The zero-order valence-electron chi connectivity index (χ0n) is 11.3. The van der Waals surface area contributed by atoms with Gasteiger partial charge in [-0.25, -0.2) is 0 Å². The lowest BCUT2D eigenvalue weighted by atomic mass is 10.2. The normalized spacial score (nSPS) is 10.5. The maximum Gasteiger partial charge on any atom is 0.269 e. The molecular formula is C13H19N3O3. The van der Waals surface area contributed by atoms with Crippen molar-refractivity contribution in [1.82, 2.24) is 10.2 Å². The van der Waals surface area contributed by atoms with E-state index >= 15 is 0 Å². The molecule has 0 fully saturated rings. The highest BCUT2D eigenvalue weighted by molar-refractivity contribution is 5.77. The molecule has 0 aliphatic carbocycles. The standard InChI is InChI=1S/C13H19N3O3/c1-3-14-13(17)10-15(4-2)9-11-6-5-7-12(8-11)16(18)19/h5-8H,3-4,9-10H2,1-2H3,(H,14,17). The summed E-state index contributed by atoms with van der Waals surface area (Å²) in [6.07, 6.45) is 0. The number of non-ortho nitro benzene ring substituents is 1. The summed E-state index contributed by atoms with van der Waals surface area (Å²) in [5.41, 5.74) is 0.909. The molecule has 104 valence electrons. The van der Waals surface area contributed by atoms with Gasteiger partial charge in [-0.05, 0) is 19.0 Å². The van der Waals surface area contributed by atoms with Crippen LogP contribution in [0.15, 0.2) is 24.3 Å². The van der Waals surface area contributed by atoms with E-state index in [2.05, 4.69) is 5.32 Å². The first kappa shape index (κ1) is 15.1. The predicted molar refractivity (Wildman–Crippen MR) is 72.7 cm³/mol. The van der Waals surface area contributed by atoms with Crippen LogP contribution in [0.5, 0.6) is 0 Å². The van der Waals surface area contributed by atoms with Crippen LogP contribution in [-0.4, -0.2) is 35.4 Å². The number of carbonyl (C=O) groups excluding carboxylic acids is 1. The number of benzene rings is 1. The maximum absolute atomic E-state index is 11.5. The molecule has 0 spiro atoms. The van der Waals surface area contributed by atoms with E-state index in [1.165, 1.54) is 6.07 Å². The molecule has 1 aromatic rings. The Hall–Kier alpha value is -1.95. The monoisotopic (exact) mass is 265 g/mol. The average Bonchev–Trinajstić information content (AvgIpc) is 2.38. The van der Waals surface area contributed by atoms with Crippen molar-refractivity contribution >= 4 is 11.6 Å². The number of rotatable bonds is 7. The number of nitrogens with zero attached hydrogens (tertiary/aromatic N) is 2. The van der Waals surface area contributed by atoms with Gasteiger partial charge in [0.1, 0.15) is 0 Å². The molecule has 0 saturated carbocycles. The minimum absolute atomic E-state index is 0.0326. The summed E-state index contributed by atoms with van der Waals surface area (Å²) < 4.78 is 0. The fraction of sp³-hybridized carbons (Fsp3) is 0.462. The molecule has 0 aliphatic heterocycles. The molecule has 6 nitrogen and oxygen atoms in total. The Balaban J connectivity index is 2.67. The fourth-order valence-electron chi connectivity index (χ4n) is 1.76. The van der Waals surface area contributed by atoms with E-state index in [1.54, 1.807) is 12.1 Å². The van der Waals surface area contributed by atoms with Crippen LogP contribution in [-0.2, 0) is 11.3 Å². The van der Waals surface area contributed by atoms with Crippen molar-refractivity contribution in [2.24, 2.45) is 0 Å². The maximum atomic E-state index is 11.5. The van der Waals surface area contributed by atoms with Crippen LogP contribution in [0.25, 0.3) is 0 Å². The summed E-state index contributed by atoms with van der Waals surface area (Å²) in [6, 6.07) is 6.49. The molecule has 0 bridgehead atoms.